The number of methoxy groups -OCH3 is 1. The molecular weight excluding hydrogens is 488 g/mol. The first kappa shape index (κ1) is 26.9. The average molecular weight is 521 g/mol. The van der Waals surface area contributed by atoms with Gasteiger partial charge in [-0.3, -0.25) is 0 Å². The first-order valence-corrected chi connectivity index (χ1v) is 12.1. The third-order valence-electron chi connectivity index (χ3n) is 7.31. The van der Waals surface area contributed by atoms with Gasteiger partial charge < -0.3 is 19.7 Å². The number of nitrogens with one attached hydrogen (secondary N) is 1. The Morgan fingerprint density at radius 3 is 2.41 bits per heavy atom. The monoisotopic (exact) mass is 520 g/mol. The lowest BCUT2D eigenvalue weighted by Gasteiger charge is -2.29. The van der Waals surface area contributed by atoms with Gasteiger partial charge in [-0.15, -0.1) is 0 Å². The van der Waals surface area contributed by atoms with Crippen molar-refractivity contribution in [2.45, 2.75) is 51.9 Å². The van der Waals surface area contributed by atoms with Crippen LogP contribution in [0.5, 0.6) is 11.5 Å². The Balaban J connectivity index is 1.68. The van der Waals surface area contributed by atoms with Gasteiger partial charge in [0.15, 0.2) is 11.5 Å². The van der Waals surface area contributed by atoms with E-state index in [1.807, 2.05) is 14.1 Å². The van der Waals surface area contributed by atoms with Crippen LogP contribution in [0.4, 0.5) is 23.4 Å². The number of aromatic nitrogens is 2. The fraction of sp³-hybridized carbons (Fsp3) is 0.481. The molecule has 1 aromatic heterocycles. The van der Waals surface area contributed by atoms with Gasteiger partial charge in [0.2, 0.25) is 0 Å². The van der Waals surface area contributed by atoms with Gasteiger partial charge in [-0.05, 0) is 59.8 Å². The van der Waals surface area contributed by atoms with Crippen molar-refractivity contribution >= 4 is 16.7 Å². The summed E-state index contributed by atoms with van der Waals surface area (Å²) in [5, 5.41) is 3.67. The number of aryl methyl sites for hydroxylation is 1. The van der Waals surface area contributed by atoms with Gasteiger partial charge in [0.05, 0.1) is 30.8 Å². The second-order valence-corrected chi connectivity index (χ2v) is 10.0. The summed E-state index contributed by atoms with van der Waals surface area (Å²) in [6.45, 7) is 5.98. The number of fused-ring (bicyclic) bond motifs is 1. The minimum Gasteiger partial charge on any atom is -0.493 e. The maximum atomic E-state index is 14.8. The Hall–Kier alpha value is -3.14. The molecule has 6 nitrogen and oxygen atoms in total. The van der Waals surface area contributed by atoms with E-state index >= 15 is 0 Å². The highest BCUT2D eigenvalue weighted by molar-refractivity contribution is 5.92. The molecule has 3 aromatic rings. The molecule has 2 atom stereocenters. The number of alkyl halides is 3. The van der Waals surface area contributed by atoms with Crippen LogP contribution < -0.4 is 14.8 Å². The second-order valence-electron chi connectivity index (χ2n) is 10.0. The molecule has 2 aromatic carbocycles. The Morgan fingerprint density at radius 2 is 1.81 bits per heavy atom. The molecule has 1 heterocycles. The molecule has 0 radical (unpaired) electrons. The fourth-order valence-electron chi connectivity index (χ4n) is 4.63. The first-order valence-electron chi connectivity index (χ1n) is 12.1. The smallest absolute Gasteiger partial charge is 0.419 e. The molecular formula is C27H32F4N4O2. The van der Waals surface area contributed by atoms with E-state index in [4.69, 9.17) is 9.47 Å². The number of benzene rings is 2. The lowest BCUT2D eigenvalue weighted by atomic mass is 9.98. The molecule has 0 bridgehead atoms. The van der Waals surface area contributed by atoms with Crippen LogP contribution in [0.3, 0.4) is 0 Å². The molecule has 200 valence electrons. The standard InChI is InChI=1S/C27H32F4N4O2/c1-15(18-8-7-9-20(24(18)28)27(29,30)31)32-25-19-12-23(22(36-6)13-21(19)33-17(3)34-25)37-14-26(10-11-26)16(2)35(4)5/h7-9,12-13,15-16H,10-11,14H2,1-6H3,(H,32,33,34)/t15-,16-/m1/s1. The van der Waals surface area contributed by atoms with E-state index in [2.05, 4.69) is 27.1 Å². The molecule has 1 saturated carbocycles. The van der Waals surface area contributed by atoms with Crippen molar-refractivity contribution in [3.8, 4) is 11.5 Å². The third-order valence-corrected chi connectivity index (χ3v) is 7.31. The zero-order chi connectivity index (χ0) is 27.1. The molecule has 0 spiro atoms. The summed E-state index contributed by atoms with van der Waals surface area (Å²) in [6.07, 6.45) is -2.65. The molecule has 1 N–H and O–H groups in total. The van der Waals surface area contributed by atoms with Crippen LogP contribution in [0.1, 0.15) is 49.7 Å². The number of rotatable bonds is 9. The van der Waals surface area contributed by atoms with Crippen LogP contribution >= 0.6 is 0 Å². The predicted octanol–water partition coefficient (Wildman–Crippen LogP) is 6.39. The first-order chi connectivity index (χ1) is 17.4. The van der Waals surface area contributed by atoms with Crippen LogP contribution in [0, 0.1) is 18.2 Å². The Bertz CT molecular complexity index is 1290. The fourth-order valence-corrected chi connectivity index (χ4v) is 4.63. The van der Waals surface area contributed by atoms with E-state index in [0.29, 0.717) is 46.7 Å². The topological polar surface area (TPSA) is 59.5 Å². The lowest BCUT2D eigenvalue weighted by molar-refractivity contribution is -0.140. The van der Waals surface area contributed by atoms with Gasteiger partial charge in [0, 0.05) is 28.5 Å². The highest BCUT2D eigenvalue weighted by Gasteiger charge is 2.49. The molecule has 0 saturated heterocycles. The van der Waals surface area contributed by atoms with Crippen LogP contribution in [0.15, 0.2) is 30.3 Å². The van der Waals surface area contributed by atoms with Gasteiger partial charge in [-0.2, -0.15) is 13.2 Å². The van der Waals surface area contributed by atoms with Gasteiger partial charge in [0.25, 0.3) is 0 Å². The summed E-state index contributed by atoms with van der Waals surface area (Å²) >= 11 is 0. The summed E-state index contributed by atoms with van der Waals surface area (Å²) < 4.78 is 66.3. The van der Waals surface area contributed by atoms with Gasteiger partial charge >= 0.3 is 6.18 Å². The molecule has 0 unspecified atom stereocenters. The molecule has 1 fully saturated rings. The van der Waals surface area contributed by atoms with Crippen LogP contribution in [0.2, 0.25) is 0 Å². The SMILES string of the molecule is COc1cc2nc(C)nc(N[C@H](C)c3cccc(C(F)(F)F)c3F)c2cc1OCC1([C@@H](C)N(C)C)CC1. The predicted molar refractivity (Wildman–Crippen MR) is 135 cm³/mol. The Kier molecular flexibility index (Phi) is 7.25. The summed E-state index contributed by atoms with van der Waals surface area (Å²) in [4.78, 5) is 11.1. The molecule has 0 amide bonds. The zero-order valence-electron chi connectivity index (χ0n) is 21.8. The molecule has 4 rings (SSSR count). The molecule has 1 aliphatic rings. The number of halogens is 4. The quantitative estimate of drug-likeness (QED) is 0.330. The van der Waals surface area contributed by atoms with E-state index < -0.39 is 23.6 Å². The van der Waals surface area contributed by atoms with E-state index in [-0.39, 0.29) is 11.0 Å². The summed E-state index contributed by atoms with van der Waals surface area (Å²) in [5.41, 5.74) is -0.788. The zero-order valence-corrected chi connectivity index (χ0v) is 21.8. The maximum absolute atomic E-state index is 14.8. The van der Waals surface area contributed by atoms with Crippen molar-refractivity contribution in [2.75, 3.05) is 33.1 Å². The van der Waals surface area contributed by atoms with Crippen LogP contribution in [0.25, 0.3) is 10.9 Å². The van der Waals surface area contributed by atoms with Gasteiger partial charge in [-0.1, -0.05) is 12.1 Å². The summed E-state index contributed by atoms with van der Waals surface area (Å²) in [5.74, 6) is 0.532. The molecule has 10 heteroatoms. The maximum Gasteiger partial charge on any atom is 0.419 e. The molecule has 37 heavy (non-hydrogen) atoms. The Labute approximate surface area is 214 Å². The largest absolute Gasteiger partial charge is 0.493 e. The van der Waals surface area contributed by atoms with Crippen molar-refractivity contribution in [2.24, 2.45) is 5.41 Å². The van der Waals surface area contributed by atoms with Gasteiger partial charge in [-0.25, -0.2) is 14.4 Å². The highest BCUT2D eigenvalue weighted by atomic mass is 19.4. The number of nitrogens with zero attached hydrogens (tertiary/aromatic N) is 3. The highest BCUT2D eigenvalue weighted by Crippen LogP contribution is 2.51. The number of anilines is 1. The third kappa shape index (κ3) is 5.44. The minimum atomic E-state index is -4.79. The normalized spacial score (nSPS) is 16.5. The Morgan fingerprint density at radius 1 is 1.11 bits per heavy atom. The number of hydrogen-bond donors (Lipinski definition) is 1. The van der Waals surface area contributed by atoms with Crippen molar-refractivity contribution in [1.29, 1.82) is 0 Å². The molecule has 1 aliphatic carbocycles. The summed E-state index contributed by atoms with van der Waals surface area (Å²) in [7, 11) is 5.65. The van der Waals surface area contributed by atoms with Crippen molar-refractivity contribution in [3.63, 3.8) is 0 Å². The number of ether oxygens (including phenoxy) is 2. The van der Waals surface area contributed by atoms with E-state index in [1.165, 1.54) is 12.1 Å². The van der Waals surface area contributed by atoms with Crippen LogP contribution in [-0.2, 0) is 6.18 Å². The van der Waals surface area contributed by atoms with E-state index in [0.717, 1.165) is 18.9 Å². The summed E-state index contributed by atoms with van der Waals surface area (Å²) in [6, 6.07) is 6.30. The minimum absolute atomic E-state index is 0.0594. The van der Waals surface area contributed by atoms with E-state index in [9.17, 15) is 17.6 Å². The van der Waals surface area contributed by atoms with Gasteiger partial charge in [0.1, 0.15) is 17.5 Å². The number of hydrogen-bond acceptors (Lipinski definition) is 6. The van der Waals surface area contributed by atoms with Crippen LogP contribution in [-0.4, -0.2) is 48.7 Å². The molecule has 0 aliphatic heterocycles. The lowest BCUT2D eigenvalue weighted by Crippen LogP contribution is -2.37. The van der Waals surface area contributed by atoms with E-state index in [1.54, 1.807) is 33.1 Å². The van der Waals surface area contributed by atoms with Crippen molar-refractivity contribution < 1.29 is 27.0 Å². The van der Waals surface area contributed by atoms with Crippen molar-refractivity contribution in [3.05, 3.63) is 53.1 Å². The average Bonchev–Trinajstić information content (AvgIpc) is 3.62. The van der Waals surface area contributed by atoms with Crippen molar-refractivity contribution in [1.82, 2.24) is 14.9 Å². The second kappa shape index (κ2) is 9.96.